The van der Waals surface area contributed by atoms with Crippen molar-refractivity contribution in [3.63, 3.8) is 0 Å². The maximum atomic E-state index is 12.3. The summed E-state index contributed by atoms with van der Waals surface area (Å²) in [7, 11) is 0. The van der Waals surface area contributed by atoms with Gasteiger partial charge in [0.05, 0.1) is 12.2 Å². The summed E-state index contributed by atoms with van der Waals surface area (Å²) in [6.07, 6.45) is 0. The second kappa shape index (κ2) is 4.36. The van der Waals surface area contributed by atoms with Crippen LogP contribution in [0.25, 0.3) is 0 Å². The van der Waals surface area contributed by atoms with Crippen LogP contribution in [-0.2, 0) is 17.9 Å². The summed E-state index contributed by atoms with van der Waals surface area (Å²) in [4.78, 5) is 29.2. The molecule has 19 heavy (non-hydrogen) atoms. The van der Waals surface area contributed by atoms with E-state index in [0.29, 0.717) is 31.2 Å². The highest BCUT2D eigenvalue weighted by molar-refractivity contribution is 5.87. The van der Waals surface area contributed by atoms with Gasteiger partial charge in [-0.3, -0.25) is 4.79 Å². The Morgan fingerprint density at radius 1 is 1.26 bits per heavy atom. The number of carbonyl (C=O) groups excluding carboxylic acids is 1. The van der Waals surface area contributed by atoms with Gasteiger partial charge in [-0.05, 0) is 6.92 Å². The Kier molecular flexibility index (Phi) is 3.12. The number of amides is 1. The largest absolute Gasteiger partial charge is 0.476 e. The van der Waals surface area contributed by atoms with E-state index in [0.717, 1.165) is 0 Å². The number of carbonyl (C=O) groups is 2. The minimum Gasteiger partial charge on any atom is -0.476 e. The number of hydrogen-bond acceptors (Lipinski definition) is 3. The SMILES string of the molecule is Cc1nc(C(=O)O)c2n1CCN(C(=O)C(C)(C)C)C2. The smallest absolute Gasteiger partial charge is 0.356 e. The van der Waals surface area contributed by atoms with Crippen molar-refractivity contribution >= 4 is 11.9 Å². The van der Waals surface area contributed by atoms with Crippen LogP contribution < -0.4 is 0 Å². The molecule has 0 radical (unpaired) electrons. The molecule has 1 aliphatic heterocycles. The van der Waals surface area contributed by atoms with Gasteiger partial charge >= 0.3 is 5.97 Å². The molecule has 1 amide bonds. The standard InChI is InChI=1S/C13H19N3O3/c1-8-14-10(11(17)18)9-7-15(5-6-16(8)9)12(19)13(2,3)4/h5-7H2,1-4H3,(H,17,18). The first-order valence-corrected chi connectivity index (χ1v) is 6.30. The van der Waals surface area contributed by atoms with Crippen LogP contribution >= 0.6 is 0 Å². The van der Waals surface area contributed by atoms with Crippen molar-refractivity contribution in [3.05, 3.63) is 17.2 Å². The zero-order valence-electron chi connectivity index (χ0n) is 11.7. The number of aryl methyl sites for hydroxylation is 1. The number of hydrogen-bond donors (Lipinski definition) is 1. The molecule has 0 atom stereocenters. The van der Waals surface area contributed by atoms with Gasteiger partial charge in [-0.2, -0.15) is 0 Å². The Bertz CT molecular complexity index is 540. The summed E-state index contributed by atoms with van der Waals surface area (Å²) in [6.45, 7) is 8.90. The van der Waals surface area contributed by atoms with Gasteiger partial charge in [0, 0.05) is 18.5 Å². The van der Waals surface area contributed by atoms with E-state index in [1.165, 1.54) is 0 Å². The Hall–Kier alpha value is -1.85. The lowest BCUT2D eigenvalue weighted by Gasteiger charge is -2.33. The van der Waals surface area contributed by atoms with Gasteiger partial charge in [0.15, 0.2) is 5.69 Å². The zero-order chi connectivity index (χ0) is 14.4. The molecule has 6 nitrogen and oxygen atoms in total. The molecule has 104 valence electrons. The molecule has 2 rings (SSSR count). The number of rotatable bonds is 1. The third-order valence-electron chi connectivity index (χ3n) is 3.33. The van der Waals surface area contributed by atoms with Crippen molar-refractivity contribution in [3.8, 4) is 0 Å². The maximum Gasteiger partial charge on any atom is 0.356 e. The molecule has 0 saturated carbocycles. The number of carboxylic acid groups (broad SMARTS) is 1. The lowest BCUT2D eigenvalue weighted by atomic mass is 9.94. The molecule has 0 aromatic carbocycles. The third kappa shape index (κ3) is 2.34. The van der Waals surface area contributed by atoms with E-state index < -0.39 is 11.4 Å². The van der Waals surface area contributed by atoms with E-state index >= 15 is 0 Å². The fourth-order valence-corrected chi connectivity index (χ4v) is 2.37. The first kappa shape index (κ1) is 13.6. The Labute approximate surface area is 112 Å². The Morgan fingerprint density at radius 2 is 1.89 bits per heavy atom. The topological polar surface area (TPSA) is 75.4 Å². The monoisotopic (exact) mass is 265 g/mol. The average Bonchev–Trinajstić information content (AvgIpc) is 2.64. The highest BCUT2D eigenvalue weighted by atomic mass is 16.4. The summed E-state index contributed by atoms with van der Waals surface area (Å²) in [5, 5.41) is 9.16. The van der Waals surface area contributed by atoms with Crippen LogP contribution in [0.4, 0.5) is 0 Å². The summed E-state index contributed by atoms with van der Waals surface area (Å²) in [6, 6.07) is 0. The number of carboxylic acids is 1. The van der Waals surface area contributed by atoms with Crippen molar-refractivity contribution < 1.29 is 14.7 Å². The van der Waals surface area contributed by atoms with Crippen molar-refractivity contribution in [2.45, 2.75) is 40.8 Å². The third-order valence-corrected chi connectivity index (χ3v) is 3.33. The van der Waals surface area contributed by atoms with E-state index in [4.69, 9.17) is 5.11 Å². The minimum absolute atomic E-state index is 0.0361. The molecule has 1 N–H and O–H groups in total. The van der Waals surface area contributed by atoms with Crippen LogP contribution in [0.2, 0.25) is 0 Å². The highest BCUT2D eigenvalue weighted by Crippen LogP contribution is 2.24. The molecule has 1 aromatic rings. The highest BCUT2D eigenvalue weighted by Gasteiger charge is 2.32. The summed E-state index contributed by atoms with van der Waals surface area (Å²) in [5.41, 5.74) is 0.221. The Balaban J connectivity index is 2.34. The summed E-state index contributed by atoms with van der Waals surface area (Å²) < 4.78 is 1.88. The average molecular weight is 265 g/mol. The van der Waals surface area contributed by atoms with E-state index in [9.17, 15) is 9.59 Å². The molecular weight excluding hydrogens is 246 g/mol. The predicted octanol–water partition coefficient (Wildman–Crippen LogP) is 1.28. The van der Waals surface area contributed by atoms with E-state index in [1.54, 1.807) is 11.8 Å². The number of fused-ring (bicyclic) bond motifs is 1. The van der Waals surface area contributed by atoms with Crippen LogP contribution in [0.15, 0.2) is 0 Å². The van der Waals surface area contributed by atoms with E-state index in [2.05, 4.69) is 4.98 Å². The number of nitrogens with zero attached hydrogens (tertiary/aromatic N) is 3. The van der Waals surface area contributed by atoms with Crippen molar-refractivity contribution in [1.82, 2.24) is 14.5 Å². The van der Waals surface area contributed by atoms with Crippen LogP contribution in [0.3, 0.4) is 0 Å². The number of imidazole rings is 1. The second-order valence-electron chi connectivity index (χ2n) is 5.89. The molecule has 0 bridgehead atoms. The molecule has 0 spiro atoms. The van der Waals surface area contributed by atoms with Gasteiger partial charge in [0.2, 0.25) is 5.91 Å². The lowest BCUT2D eigenvalue weighted by Crippen LogP contribution is -2.44. The van der Waals surface area contributed by atoms with Gasteiger partial charge in [0.25, 0.3) is 0 Å². The predicted molar refractivity (Wildman–Crippen MR) is 68.8 cm³/mol. The molecule has 0 unspecified atom stereocenters. The number of aromatic carboxylic acids is 1. The molecule has 1 aliphatic rings. The lowest BCUT2D eigenvalue weighted by molar-refractivity contribution is -0.141. The normalized spacial score (nSPS) is 15.3. The van der Waals surface area contributed by atoms with Crippen molar-refractivity contribution in [2.24, 2.45) is 5.41 Å². The quantitative estimate of drug-likeness (QED) is 0.830. The zero-order valence-corrected chi connectivity index (χ0v) is 11.7. The first-order chi connectivity index (χ1) is 8.71. The summed E-state index contributed by atoms with van der Waals surface area (Å²) in [5.74, 6) is -0.314. The first-order valence-electron chi connectivity index (χ1n) is 6.30. The molecule has 1 aromatic heterocycles. The van der Waals surface area contributed by atoms with Crippen LogP contribution in [0, 0.1) is 12.3 Å². The molecule has 2 heterocycles. The molecule has 0 aliphatic carbocycles. The van der Waals surface area contributed by atoms with Crippen LogP contribution in [0.1, 0.15) is 42.8 Å². The van der Waals surface area contributed by atoms with Crippen molar-refractivity contribution in [1.29, 1.82) is 0 Å². The molecular formula is C13H19N3O3. The minimum atomic E-state index is -1.04. The van der Waals surface area contributed by atoms with Gasteiger partial charge in [-0.15, -0.1) is 0 Å². The maximum absolute atomic E-state index is 12.3. The molecule has 0 saturated heterocycles. The van der Waals surface area contributed by atoms with Crippen LogP contribution in [0.5, 0.6) is 0 Å². The van der Waals surface area contributed by atoms with Crippen molar-refractivity contribution in [2.75, 3.05) is 6.54 Å². The molecule has 0 fully saturated rings. The fourth-order valence-electron chi connectivity index (χ4n) is 2.37. The molecule has 6 heteroatoms. The van der Waals surface area contributed by atoms with Gasteiger partial charge in [-0.1, -0.05) is 20.8 Å². The number of aromatic nitrogens is 2. The van der Waals surface area contributed by atoms with Gasteiger partial charge < -0.3 is 14.6 Å². The second-order valence-corrected chi connectivity index (χ2v) is 5.89. The Morgan fingerprint density at radius 3 is 2.42 bits per heavy atom. The fraction of sp³-hybridized carbons (Fsp3) is 0.615. The van der Waals surface area contributed by atoms with E-state index in [1.807, 2.05) is 25.3 Å². The summed E-state index contributed by atoms with van der Waals surface area (Å²) >= 11 is 0. The van der Waals surface area contributed by atoms with Gasteiger partial charge in [-0.25, -0.2) is 9.78 Å². The van der Waals surface area contributed by atoms with Crippen LogP contribution in [-0.4, -0.2) is 38.0 Å². The van der Waals surface area contributed by atoms with E-state index in [-0.39, 0.29) is 11.6 Å². The van der Waals surface area contributed by atoms with Gasteiger partial charge in [0.1, 0.15) is 5.82 Å².